The predicted molar refractivity (Wildman–Crippen MR) is 36.4 cm³/mol. The van der Waals surface area contributed by atoms with Gasteiger partial charge in [0.05, 0.1) is 6.26 Å². The van der Waals surface area contributed by atoms with E-state index in [-0.39, 0.29) is 7.28 Å². The Morgan fingerprint density at radius 2 is 2.00 bits per heavy atom. The summed E-state index contributed by atoms with van der Waals surface area (Å²) >= 11 is 0. The molecule has 52 valence electrons. The molecule has 6 heteroatoms. The molecule has 0 bridgehead atoms. The summed E-state index contributed by atoms with van der Waals surface area (Å²) in [7, 11) is -3.15. The number of hydrogen-bond donors (Lipinski definition) is 1. The first kappa shape index (κ1) is 8.48. The Kier molecular flexibility index (Phi) is 2.70. The first-order chi connectivity index (χ1) is 3.95. The molecule has 0 aromatic carbocycles. The Morgan fingerprint density at radius 1 is 1.56 bits per heavy atom. The third-order valence-electron chi connectivity index (χ3n) is 0.620. The standard InChI is InChI=1S/C3H8BNO3S/c1-4-3(6)5-9(2,7)8/h4H,1-2H3,(H,5,6). The number of hydrogen-bond acceptors (Lipinski definition) is 3. The zero-order valence-electron chi connectivity index (χ0n) is 5.34. The molecule has 0 heterocycles. The first-order valence-corrected chi connectivity index (χ1v) is 4.35. The highest BCUT2D eigenvalue weighted by Gasteiger charge is 2.04. The highest BCUT2D eigenvalue weighted by atomic mass is 32.2. The topological polar surface area (TPSA) is 63.2 Å². The monoisotopic (exact) mass is 149 g/mol. The van der Waals surface area contributed by atoms with Gasteiger partial charge in [0.15, 0.2) is 5.81 Å². The SMILES string of the molecule is CBC(=O)NS(C)(=O)=O. The van der Waals surface area contributed by atoms with Crippen molar-refractivity contribution in [2.45, 2.75) is 6.82 Å². The van der Waals surface area contributed by atoms with Crippen LogP contribution in [0.5, 0.6) is 0 Å². The normalized spacial score (nSPS) is 10.4. The molecule has 9 heavy (non-hydrogen) atoms. The number of rotatable bonds is 2. The van der Waals surface area contributed by atoms with Gasteiger partial charge in [-0.1, -0.05) is 6.82 Å². The molecular formula is C3H8BNO3S. The van der Waals surface area contributed by atoms with Crippen LogP contribution in [0.4, 0.5) is 4.79 Å². The van der Waals surface area contributed by atoms with E-state index in [4.69, 9.17) is 0 Å². The van der Waals surface area contributed by atoms with E-state index < -0.39 is 15.8 Å². The minimum Gasteiger partial charge on any atom is -0.287 e. The molecule has 0 rings (SSSR count). The van der Waals surface area contributed by atoms with Crippen molar-refractivity contribution in [3.05, 3.63) is 0 Å². The van der Waals surface area contributed by atoms with Crippen LogP contribution in [0.2, 0.25) is 6.82 Å². The van der Waals surface area contributed by atoms with Gasteiger partial charge < -0.3 is 0 Å². The molecule has 0 aromatic rings. The maximum atomic E-state index is 10.3. The van der Waals surface area contributed by atoms with E-state index in [0.717, 1.165) is 6.26 Å². The molecule has 1 amide bonds. The van der Waals surface area contributed by atoms with Gasteiger partial charge in [-0.2, -0.15) is 0 Å². The fourth-order valence-electron chi connectivity index (χ4n) is 0.279. The lowest BCUT2D eigenvalue weighted by Gasteiger charge is -1.96. The zero-order valence-corrected chi connectivity index (χ0v) is 6.16. The van der Waals surface area contributed by atoms with Crippen LogP contribution in [-0.4, -0.2) is 27.8 Å². The summed E-state index contributed by atoms with van der Waals surface area (Å²) < 4.78 is 22.3. The lowest BCUT2D eigenvalue weighted by atomic mass is 9.82. The number of amides is 1. The van der Waals surface area contributed by atoms with E-state index in [1.54, 1.807) is 11.5 Å². The van der Waals surface area contributed by atoms with Crippen LogP contribution in [-0.2, 0) is 10.0 Å². The maximum absolute atomic E-state index is 10.3. The van der Waals surface area contributed by atoms with Gasteiger partial charge in [0.25, 0.3) is 0 Å². The third kappa shape index (κ3) is 5.35. The van der Waals surface area contributed by atoms with Gasteiger partial charge in [-0.15, -0.1) is 0 Å². The van der Waals surface area contributed by atoms with Gasteiger partial charge in [0.1, 0.15) is 0 Å². The second-order valence-electron chi connectivity index (χ2n) is 1.65. The Morgan fingerprint density at radius 3 is 2.11 bits per heavy atom. The van der Waals surface area contributed by atoms with Gasteiger partial charge in [-0.25, -0.2) is 8.42 Å². The van der Waals surface area contributed by atoms with E-state index in [0.29, 0.717) is 0 Å². The molecular weight excluding hydrogens is 141 g/mol. The largest absolute Gasteiger partial charge is 0.287 e. The summed E-state index contributed by atoms with van der Waals surface area (Å²) in [5.41, 5.74) is 0. The van der Waals surface area contributed by atoms with Crippen molar-refractivity contribution in [2.75, 3.05) is 6.26 Å². The van der Waals surface area contributed by atoms with E-state index >= 15 is 0 Å². The van der Waals surface area contributed by atoms with Crippen LogP contribution >= 0.6 is 0 Å². The Balaban J connectivity index is 3.91. The lowest BCUT2D eigenvalue weighted by Crippen LogP contribution is -2.30. The molecule has 0 aliphatic carbocycles. The molecule has 0 saturated carbocycles. The van der Waals surface area contributed by atoms with Crippen molar-refractivity contribution in [1.82, 2.24) is 4.72 Å². The summed E-state index contributed by atoms with van der Waals surface area (Å²) in [6.07, 6.45) is 0.945. The molecule has 0 unspecified atom stereocenters. The number of carbonyl (C=O) groups excluding carboxylic acids is 1. The average Bonchev–Trinajstić information content (AvgIpc) is 1.62. The molecule has 4 nitrogen and oxygen atoms in total. The number of carbonyl (C=O) groups is 1. The second kappa shape index (κ2) is 2.86. The summed E-state index contributed by atoms with van der Waals surface area (Å²) in [6, 6.07) is 0. The minimum absolute atomic E-state index is 0.188. The predicted octanol–water partition coefficient (Wildman–Crippen LogP) is -0.860. The van der Waals surface area contributed by atoms with Crippen LogP contribution < -0.4 is 4.72 Å². The van der Waals surface area contributed by atoms with Gasteiger partial charge in [0.2, 0.25) is 17.3 Å². The quantitative estimate of drug-likeness (QED) is 0.519. The lowest BCUT2D eigenvalue weighted by molar-refractivity contribution is 0.263. The van der Waals surface area contributed by atoms with E-state index in [1.807, 2.05) is 0 Å². The second-order valence-corrected chi connectivity index (χ2v) is 3.40. The van der Waals surface area contributed by atoms with E-state index in [9.17, 15) is 13.2 Å². The fraction of sp³-hybridized carbons (Fsp3) is 0.667. The van der Waals surface area contributed by atoms with Crippen LogP contribution in [0, 0.1) is 0 Å². The third-order valence-corrected chi connectivity index (χ3v) is 1.22. The Labute approximate surface area is 54.9 Å². The van der Waals surface area contributed by atoms with Gasteiger partial charge in [-0.3, -0.25) is 9.52 Å². The van der Waals surface area contributed by atoms with Crippen molar-refractivity contribution < 1.29 is 13.2 Å². The number of sulfonamides is 1. The summed E-state index contributed by atoms with van der Waals surface area (Å²) in [6.45, 7) is 1.58. The van der Waals surface area contributed by atoms with Crippen LogP contribution in [0.1, 0.15) is 0 Å². The molecule has 0 atom stereocenters. The molecule has 0 fully saturated rings. The van der Waals surface area contributed by atoms with Crippen LogP contribution in [0.3, 0.4) is 0 Å². The van der Waals surface area contributed by atoms with Crippen molar-refractivity contribution in [3.63, 3.8) is 0 Å². The zero-order chi connectivity index (χ0) is 7.49. The molecule has 0 saturated heterocycles. The molecule has 0 aromatic heterocycles. The van der Waals surface area contributed by atoms with Gasteiger partial charge >= 0.3 is 0 Å². The van der Waals surface area contributed by atoms with Crippen molar-refractivity contribution in [2.24, 2.45) is 0 Å². The van der Waals surface area contributed by atoms with E-state index in [2.05, 4.69) is 0 Å². The van der Waals surface area contributed by atoms with Gasteiger partial charge in [-0.05, 0) is 0 Å². The minimum atomic E-state index is -3.33. The molecule has 0 spiro atoms. The summed E-state index contributed by atoms with van der Waals surface area (Å²) in [5.74, 6) is -0.475. The van der Waals surface area contributed by atoms with Crippen LogP contribution in [0.15, 0.2) is 0 Å². The first-order valence-electron chi connectivity index (χ1n) is 2.46. The summed E-state index contributed by atoms with van der Waals surface area (Å²) in [5, 5.41) is 0. The smallest absolute Gasteiger partial charge is 0.232 e. The Bertz CT molecular complexity index is 197. The average molecular weight is 149 g/mol. The Hall–Kier alpha value is -0.515. The summed E-state index contributed by atoms with van der Waals surface area (Å²) in [4.78, 5) is 10.3. The van der Waals surface area contributed by atoms with Crippen molar-refractivity contribution >= 4 is 23.1 Å². The molecule has 0 aliphatic heterocycles. The van der Waals surface area contributed by atoms with Crippen molar-refractivity contribution in [1.29, 1.82) is 0 Å². The highest BCUT2D eigenvalue weighted by Crippen LogP contribution is 1.74. The van der Waals surface area contributed by atoms with Crippen molar-refractivity contribution in [3.8, 4) is 0 Å². The molecule has 0 aliphatic rings. The number of nitrogens with one attached hydrogen (secondary N) is 1. The van der Waals surface area contributed by atoms with E-state index in [1.165, 1.54) is 0 Å². The fourth-order valence-corrected chi connectivity index (χ4v) is 0.837. The maximum Gasteiger partial charge on any atom is 0.232 e. The highest BCUT2D eigenvalue weighted by molar-refractivity contribution is 7.89. The van der Waals surface area contributed by atoms with Gasteiger partial charge in [0, 0.05) is 0 Å². The molecule has 1 N–H and O–H groups in total. The van der Waals surface area contributed by atoms with Crippen LogP contribution in [0.25, 0.3) is 0 Å². The molecule has 0 radical (unpaired) electrons.